The van der Waals surface area contributed by atoms with Gasteiger partial charge in [0.15, 0.2) is 0 Å². The largest absolute Gasteiger partial charge is 0.348 e. The van der Waals surface area contributed by atoms with E-state index in [1.54, 1.807) is 18.2 Å². The Morgan fingerprint density at radius 2 is 2.05 bits per heavy atom. The molecule has 0 aliphatic heterocycles. The van der Waals surface area contributed by atoms with Gasteiger partial charge in [0.05, 0.1) is 12.1 Å². The molecule has 1 aliphatic carbocycles. The number of aromatic nitrogens is 1. The minimum atomic E-state index is -0.368. The van der Waals surface area contributed by atoms with Crippen LogP contribution in [0.25, 0.3) is 0 Å². The van der Waals surface area contributed by atoms with Crippen molar-refractivity contribution in [2.45, 2.75) is 25.3 Å². The van der Waals surface area contributed by atoms with Crippen molar-refractivity contribution >= 4 is 36.6 Å². The lowest BCUT2D eigenvalue weighted by Crippen LogP contribution is -2.55. The van der Waals surface area contributed by atoms with Crippen molar-refractivity contribution in [1.82, 2.24) is 15.6 Å². The number of nitrogens with two attached hydrogens (primary N) is 1. The minimum absolute atomic E-state index is 0. The Balaban J connectivity index is 0.00000220. The summed E-state index contributed by atoms with van der Waals surface area (Å²) in [6.45, 7) is 2.28. The van der Waals surface area contributed by atoms with Crippen molar-refractivity contribution in [2.75, 3.05) is 13.1 Å². The highest BCUT2D eigenvalue weighted by atomic mass is 35.5. The smallest absolute Gasteiger partial charge is 0.270 e. The summed E-state index contributed by atoms with van der Waals surface area (Å²) in [4.78, 5) is 27.6. The monoisotopic (exact) mass is 348 g/mol. The molecule has 0 saturated heterocycles. The van der Waals surface area contributed by atoms with E-state index in [0.29, 0.717) is 18.2 Å². The molecule has 0 aromatic carbocycles. The van der Waals surface area contributed by atoms with Gasteiger partial charge in [-0.1, -0.05) is 6.07 Å². The van der Waals surface area contributed by atoms with Gasteiger partial charge >= 0.3 is 0 Å². The number of pyridine rings is 1. The molecule has 22 heavy (non-hydrogen) atoms. The topological polar surface area (TPSA) is 97.1 Å². The summed E-state index contributed by atoms with van der Waals surface area (Å²) in [6, 6.07) is 5.05. The van der Waals surface area contributed by atoms with Crippen molar-refractivity contribution < 1.29 is 9.59 Å². The summed E-state index contributed by atoms with van der Waals surface area (Å²) in [5.74, 6) is -0.140. The standard InChI is InChI=1S/C14H20N4O2.2ClH/c1-14(9-15,10-5-6-10)18-12(19)8-17-13(20)11-4-2-3-7-16-11;;/h2-4,7,10H,5-6,8-9,15H2,1H3,(H,17,20)(H,18,19);2*1H. The van der Waals surface area contributed by atoms with Crippen LogP contribution in [0.15, 0.2) is 24.4 Å². The Hall–Kier alpha value is -1.37. The van der Waals surface area contributed by atoms with E-state index in [4.69, 9.17) is 5.73 Å². The highest BCUT2D eigenvalue weighted by Crippen LogP contribution is 2.38. The van der Waals surface area contributed by atoms with Gasteiger partial charge in [-0.05, 0) is 37.8 Å². The van der Waals surface area contributed by atoms with Crippen LogP contribution in [0.4, 0.5) is 0 Å². The molecule has 4 N–H and O–H groups in total. The van der Waals surface area contributed by atoms with E-state index in [2.05, 4.69) is 15.6 Å². The van der Waals surface area contributed by atoms with Crippen LogP contribution in [0.1, 0.15) is 30.3 Å². The number of nitrogens with one attached hydrogen (secondary N) is 2. The Morgan fingerprint density at radius 1 is 1.36 bits per heavy atom. The molecular weight excluding hydrogens is 327 g/mol. The molecular formula is C14H22Cl2N4O2. The normalized spacial score (nSPS) is 15.5. The molecule has 2 rings (SSSR count). The first kappa shape index (κ1) is 20.6. The Labute approximate surface area is 142 Å². The second-order valence-corrected chi connectivity index (χ2v) is 5.34. The van der Waals surface area contributed by atoms with Gasteiger partial charge in [-0.2, -0.15) is 0 Å². The van der Waals surface area contributed by atoms with E-state index >= 15 is 0 Å². The zero-order chi connectivity index (χ0) is 14.6. The second kappa shape index (κ2) is 8.92. The maximum atomic E-state index is 11.9. The molecule has 1 heterocycles. The highest BCUT2D eigenvalue weighted by Gasteiger charge is 2.41. The van der Waals surface area contributed by atoms with Crippen molar-refractivity contribution in [3.05, 3.63) is 30.1 Å². The van der Waals surface area contributed by atoms with Crippen LogP contribution in [0, 0.1) is 5.92 Å². The highest BCUT2D eigenvalue weighted by molar-refractivity contribution is 5.94. The molecule has 1 unspecified atom stereocenters. The third kappa shape index (κ3) is 5.44. The minimum Gasteiger partial charge on any atom is -0.348 e. The van der Waals surface area contributed by atoms with Crippen LogP contribution in [-0.2, 0) is 4.79 Å². The summed E-state index contributed by atoms with van der Waals surface area (Å²) >= 11 is 0. The van der Waals surface area contributed by atoms with Gasteiger partial charge in [0.25, 0.3) is 5.91 Å². The molecule has 1 saturated carbocycles. The fraction of sp³-hybridized carbons (Fsp3) is 0.500. The molecule has 1 aromatic heterocycles. The van der Waals surface area contributed by atoms with Gasteiger partial charge in [-0.25, -0.2) is 0 Å². The number of hydrogen-bond donors (Lipinski definition) is 3. The average molecular weight is 349 g/mol. The molecule has 1 atom stereocenters. The van der Waals surface area contributed by atoms with E-state index in [9.17, 15) is 9.59 Å². The molecule has 0 radical (unpaired) electrons. The van der Waals surface area contributed by atoms with Crippen LogP contribution in [0.5, 0.6) is 0 Å². The lowest BCUT2D eigenvalue weighted by molar-refractivity contribution is -0.122. The number of hydrogen-bond acceptors (Lipinski definition) is 4. The predicted octanol–water partition coefficient (Wildman–Crippen LogP) is 0.899. The molecule has 1 aromatic rings. The lowest BCUT2D eigenvalue weighted by atomic mass is 9.96. The summed E-state index contributed by atoms with van der Waals surface area (Å²) in [7, 11) is 0. The Bertz CT molecular complexity index is 497. The van der Waals surface area contributed by atoms with Gasteiger partial charge < -0.3 is 16.4 Å². The van der Waals surface area contributed by atoms with E-state index in [1.165, 1.54) is 6.20 Å². The van der Waals surface area contributed by atoms with Crippen LogP contribution in [-0.4, -0.2) is 35.4 Å². The van der Waals surface area contributed by atoms with Crippen LogP contribution >= 0.6 is 24.8 Å². The fourth-order valence-corrected chi connectivity index (χ4v) is 2.15. The molecule has 0 bridgehead atoms. The molecule has 6 nitrogen and oxygen atoms in total. The first-order valence-corrected chi connectivity index (χ1v) is 6.75. The third-order valence-electron chi connectivity index (χ3n) is 3.63. The van der Waals surface area contributed by atoms with Gasteiger partial charge in [0.2, 0.25) is 5.91 Å². The zero-order valence-corrected chi connectivity index (χ0v) is 14.0. The number of nitrogens with zero attached hydrogens (tertiary/aromatic N) is 1. The van der Waals surface area contributed by atoms with E-state index < -0.39 is 0 Å². The lowest BCUT2D eigenvalue weighted by Gasteiger charge is -2.29. The molecule has 2 amide bonds. The zero-order valence-electron chi connectivity index (χ0n) is 12.4. The average Bonchev–Trinajstić information content (AvgIpc) is 3.30. The Kier molecular flexibility index (Phi) is 8.37. The number of halogens is 2. The summed E-state index contributed by atoms with van der Waals surface area (Å²) < 4.78 is 0. The van der Waals surface area contributed by atoms with Gasteiger partial charge in [0, 0.05) is 12.7 Å². The first-order valence-electron chi connectivity index (χ1n) is 6.75. The maximum absolute atomic E-state index is 11.9. The van der Waals surface area contributed by atoms with Crippen molar-refractivity contribution in [2.24, 2.45) is 11.7 Å². The number of rotatable bonds is 6. The summed E-state index contributed by atoms with van der Waals surface area (Å²) in [5.41, 5.74) is 5.66. The van der Waals surface area contributed by atoms with Crippen molar-refractivity contribution in [3.8, 4) is 0 Å². The molecule has 1 fully saturated rings. The van der Waals surface area contributed by atoms with Crippen LogP contribution < -0.4 is 16.4 Å². The number of carbonyl (C=O) groups excluding carboxylic acids is 2. The van der Waals surface area contributed by atoms with Gasteiger partial charge in [-0.15, -0.1) is 24.8 Å². The van der Waals surface area contributed by atoms with Gasteiger partial charge in [0.1, 0.15) is 5.69 Å². The van der Waals surface area contributed by atoms with E-state index in [1.807, 2.05) is 6.92 Å². The van der Waals surface area contributed by atoms with Crippen molar-refractivity contribution in [1.29, 1.82) is 0 Å². The molecule has 1 aliphatic rings. The third-order valence-corrected chi connectivity index (χ3v) is 3.63. The van der Waals surface area contributed by atoms with E-state index in [0.717, 1.165) is 12.8 Å². The molecule has 124 valence electrons. The fourth-order valence-electron chi connectivity index (χ4n) is 2.15. The SMILES string of the molecule is CC(CN)(NC(=O)CNC(=O)c1ccccn1)C1CC1.Cl.Cl. The number of amides is 2. The maximum Gasteiger partial charge on any atom is 0.270 e. The summed E-state index contributed by atoms with van der Waals surface area (Å²) in [6.07, 6.45) is 3.72. The Morgan fingerprint density at radius 3 is 2.55 bits per heavy atom. The summed E-state index contributed by atoms with van der Waals surface area (Å²) in [5, 5.41) is 5.46. The van der Waals surface area contributed by atoms with Crippen LogP contribution in [0.3, 0.4) is 0 Å². The predicted molar refractivity (Wildman–Crippen MR) is 89.4 cm³/mol. The molecule has 8 heteroatoms. The first-order chi connectivity index (χ1) is 9.55. The van der Waals surface area contributed by atoms with Gasteiger partial charge in [-0.3, -0.25) is 14.6 Å². The number of carbonyl (C=O) groups is 2. The van der Waals surface area contributed by atoms with Crippen LogP contribution in [0.2, 0.25) is 0 Å². The quantitative estimate of drug-likeness (QED) is 0.711. The molecule has 0 spiro atoms. The van der Waals surface area contributed by atoms with Crippen molar-refractivity contribution in [3.63, 3.8) is 0 Å². The van der Waals surface area contributed by atoms with E-state index in [-0.39, 0.29) is 48.7 Å². The second-order valence-electron chi connectivity index (χ2n) is 5.34.